The highest BCUT2D eigenvalue weighted by Crippen LogP contribution is 2.38. The Balaban J connectivity index is 2.57. The lowest BCUT2D eigenvalue weighted by Crippen LogP contribution is -1.98. The normalized spacial score (nSPS) is 9.46. The summed E-state index contributed by atoms with van der Waals surface area (Å²) in [5, 5.41) is 29.2. The van der Waals surface area contributed by atoms with Crippen LogP contribution in [0, 0.1) is 32.8 Å². The lowest BCUT2D eigenvalue weighted by Gasteiger charge is -2.11. The van der Waals surface area contributed by atoms with Gasteiger partial charge in [-0.3, -0.25) is 14.9 Å². The fourth-order valence-electron chi connectivity index (χ4n) is 1.94. The zero-order valence-corrected chi connectivity index (χ0v) is 12.3. The summed E-state index contributed by atoms with van der Waals surface area (Å²) in [6.07, 6.45) is 0.615. The highest BCUT2D eigenvalue weighted by molar-refractivity contribution is 5.76. The summed E-state index contributed by atoms with van der Waals surface area (Å²) in [6, 6.07) is 9.86. The van der Waals surface area contributed by atoms with Gasteiger partial charge in [-0.25, -0.2) is 0 Å². The lowest BCUT2D eigenvalue weighted by molar-refractivity contribution is -0.385. The molecule has 0 fully saturated rings. The van der Waals surface area contributed by atoms with Gasteiger partial charge in [-0.15, -0.1) is 0 Å². The molecule has 0 spiro atoms. The van der Waals surface area contributed by atoms with E-state index >= 15 is 0 Å². The van der Waals surface area contributed by atoms with Gasteiger partial charge in [0.15, 0.2) is 11.5 Å². The standard InChI is InChI=1S/C16H9N3O5/c1-23-16-4-10(9-20)2-3-14(16)24-15-6-12(8-18)11(7-17)5-13(15)19(21)22/h2-6,9H,1H3. The van der Waals surface area contributed by atoms with Gasteiger partial charge in [-0.1, -0.05) is 0 Å². The molecule has 0 aliphatic rings. The predicted octanol–water partition coefficient (Wildman–Crippen LogP) is 2.95. The average molecular weight is 323 g/mol. The molecule has 0 unspecified atom stereocenters. The Kier molecular flexibility index (Phi) is 4.73. The molecule has 2 aromatic rings. The van der Waals surface area contributed by atoms with Gasteiger partial charge in [0.1, 0.15) is 18.4 Å². The van der Waals surface area contributed by atoms with Crippen molar-refractivity contribution >= 4 is 12.0 Å². The smallest absolute Gasteiger partial charge is 0.312 e. The Morgan fingerprint density at radius 3 is 2.29 bits per heavy atom. The average Bonchev–Trinajstić information content (AvgIpc) is 2.61. The number of hydrogen-bond donors (Lipinski definition) is 0. The van der Waals surface area contributed by atoms with Crippen LogP contribution in [0.4, 0.5) is 5.69 Å². The number of nitro groups is 1. The van der Waals surface area contributed by atoms with Crippen molar-refractivity contribution in [1.82, 2.24) is 0 Å². The molecule has 8 nitrogen and oxygen atoms in total. The first kappa shape index (κ1) is 16.5. The van der Waals surface area contributed by atoms with Crippen LogP contribution < -0.4 is 9.47 Å². The summed E-state index contributed by atoms with van der Waals surface area (Å²) < 4.78 is 10.6. The first-order chi connectivity index (χ1) is 11.5. The first-order valence-electron chi connectivity index (χ1n) is 6.47. The summed E-state index contributed by atoms with van der Waals surface area (Å²) >= 11 is 0. The molecule has 0 radical (unpaired) electrons. The van der Waals surface area contributed by atoms with Gasteiger partial charge in [-0.05, 0) is 18.2 Å². The minimum Gasteiger partial charge on any atom is -0.493 e. The summed E-state index contributed by atoms with van der Waals surface area (Å²) in [5.41, 5.74) is -0.306. The van der Waals surface area contributed by atoms with Crippen LogP contribution in [0.3, 0.4) is 0 Å². The second-order valence-corrected chi connectivity index (χ2v) is 4.48. The zero-order chi connectivity index (χ0) is 17.7. The van der Waals surface area contributed by atoms with Gasteiger partial charge in [0.2, 0.25) is 5.75 Å². The summed E-state index contributed by atoms with van der Waals surface area (Å²) in [4.78, 5) is 21.3. The monoisotopic (exact) mass is 323 g/mol. The van der Waals surface area contributed by atoms with E-state index in [2.05, 4.69) is 0 Å². The van der Waals surface area contributed by atoms with Crippen LogP contribution in [0.2, 0.25) is 0 Å². The van der Waals surface area contributed by atoms with E-state index in [4.69, 9.17) is 20.0 Å². The van der Waals surface area contributed by atoms with Crippen LogP contribution in [0.15, 0.2) is 30.3 Å². The van der Waals surface area contributed by atoms with Crippen LogP contribution in [0.25, 0.3) is 0 Å². The molecule has 0 heterocycles. The molecule has 0 bridgehead atoms. The highest BCUT2D eigenvalue weighted by Gasteiger charge is 2.21. The van der Waals surface area contributed by atoms with E-state index in [1.807, 2.05) is 0 Å². The van der Waals surface area contributed by atoms with Crippen molar-refractivity contribution in [3.05, 3.63) is 57.1 Å². The van der Waals surface area contributed by atoms with Crippen molar-refractivity contribution in [2.45, 2.75) is 0 Å². The van der Waals surface area contributed by atoms with E-state index in [9.17, 15) is 14.9 Å². The first-order valence-corrected chi connectivity index (χ1v) is 6.47. The third-order valence-electron chi connectivity index (χ3n) is 3.08. The molecule has 8 heteroatoms. The van der Waals surface area contributed by atoms with E-state index in [-0.39, 0.29) is 28.4 Å². The Bertz CT molecular complexity index is 909. The van der Waals surface area contributed by atoms with Gasteiger partial charge in [0, 0.05) is 17.7 Å². The molecule has 0 aliphatic carbocycles. The molecule has 0 aliphatic heterocycles. The molecule has 0 aromatic heterocycles. The maximum Gasteiger partial charge on any atom is 0.312 e. The van der Waals surface area contributed by atoms with Gasteiger partial charge in [-0.2, -0.15) is 10.5 Å². The summed E-state index contributed by atoms with van der Waals surface area (Å²) in [5.74, 6) is 0.101. The molecule has 2 rings (SSSR count). The van der Waals surface area contributed by atoms with Gasteiger partial charge in [0.25, 0.3) is 0 Å². The third kappa shape index (κ3) is 3.13. The number of nitrogens with zero attached hydrogens (tertiary/aromatic N) is 3. The molecular formula is C16H9N3O5. The molecule has 0 N–H and O–H groups in total. The summed E-state index contributed by atoms with van der Waals surface area (Å²) in [6.45, 7) is 0. The fraction of sp³-hybridized carbons (Fsp3) is 0.0625. The number of aldehydes is 1. The molecule has 2 aromatic carbocycles. The number of methoxy groups -OCH3 is 1. The van der Waals surface area contributed by atoms with Crippen molar-refractivity contribution in [3.63, 3.8) is 0 Å². The number of nitro benzene ring substituents is 1. The number of ether oxygens (including phenoxy) is 2. The van der Waals surface area contributed by atoms with Crippen LogP contribution in [-0.4, -0.2) is 18.3 Å². The van der Waals surface area contributed by atoms with Crippen molar-refractivity contribution < 1.29 is 19.2 Å². The van der Waals surface area contributed by atoms with Crippen molar-refractivity contribution in [1.29, 1.82) is 10.5 Å². The van der Waals surface area contributed by atoms with Crippen LogP contribution in [0.5, 0.6) is 17.2 Å². The number of rotatable bonds is 5. The van der Waals surface area contributed by atoms with Crippen LogP contribution in [0.1, 0.15) is 21.5 Å². The van der Waals surface area contributed by atoms with Crippen LogP contribution in [-0.2, 0) is 0 Å². The molecule has 0 saturated heterocycles. The zero-order valence-electron chi connectivity index (χ0n) is 12.3. The maximum absolute atomic E-state index is 11.2. The Hall–Kier alpha value is -3.91. The van der Waals surface area contributed by atoms with E-state index in [1.54, 1.807) is 12.1 Å². The van der Waals surface area contributed by atoms with Gasteiger partial charge >= 0.3 is 5.69 Å². The molecule has 24 heavy (non-hydrogen) atoms. The van der Waals surface area contributed by atoms with E-state index in [0.29, 0.717) is 11.8 Å². The lowest BCUT2D eigenvalue weighted by atomic mass is 10.1. The second-order valence-electron chi connectivity index (χ2n) is 4.48. The third-order valence-corrected chi connectivity index (χ3v) is 3.08. The summed E-state index contributed by atoms with van der Waals surface area (Å²) in [7, 11) is 1.35. The van der Waals surface area contributed by atoms with E-state index < -0.39 is 10.6 Å². The minimum absolute atomic E-state index is 0.0541. The van der Waals surface area contributed by atoms with Crippen LogP contribution >= 0.6 is 0 Å². The molecule has 0 saturated carbocycles. The fourth-order valence-corrected chi connectivity index (χ4v) is 1.94. The Labute approximate surface area is 136 Å². The maximum atomic E-state index is 11.2. The second kappa shape index (κ2) is 6.90. The number of benzene rings is 2. The SMILES string of the molecule is COc1cc(C=O)ccc1Oc1cc(C#N)c(C#N)cc1[N+](=O)[O-]. The Morgan fingerprint density at radius 2 is 1.75 bits per heavy atom. The van der Waals surface area contributed by atoms with Gasteiger partial charge < -0.3 is 9.47 Å². The number of hydrogen-bond acceptors (Lipinski definition) is 7. The topological polar surface area (TPSA) is 126 Å². The van der Waals surface area contributed by atoms with Gasteiger partial charge in [0.05, 0.1) is 23.2 Å². The van der Waals surface area contributed by atoms with E-state index in [1.165, 1.54) is 25.3 Å². The molecule has 0 amide bonds. The van der Waals surface area contributed by atoms with E-state index in [0.717, 1.165) is 12.1 Å². The quantitative estimate of drug-likeness (QED) is 0.470. The largest absolute Gasteiger partial charge is 0.493 e. The number of carbonyl (C=O) groups is 1. The molecular weight excluding hydrogens is 314 g/mol. The molecule has 0 atom stereocenters. The van der Waals surface area contributed by atoms with Crippen molar-refractivity contribution in [2.75, 3.05) is 7.11 Å². The number of nitriles is 2. The molecule has 118 valence electrons. The van der Waals surface area contributed by atoms with Crippen molar-refractivity contribution in [3.8, 4) is 29.4 Å². The minimum atomic E-state index is -0.719. The number of carbonyl (C=O) groups excluding carboxylic acids is 1. The Morgan fingerprint density at radius 1 is 1.08 bits per heavy atom. The predicted molar refractivity (Wildman–Crippen MR) is 81.0 cm³/mol. The highest BCUT2D eigenvalue weighted by atomic mass is 16.6. The van der Waals surface area contributed by atoms with Crippen molar-refractivity contribution in [2.24, 2.45) is 0 Å².